The van der Waals surface area contributed by atoms with Crippen molar-refractivity contribution >= 4 is 45.7 Å². The number of benzene rings is 2. The molecule has 0 aliphatic rings. The second kappa shape index (κ2) is 11.8. The van der Waals surface area contributed by atoms with E-state index in [4.69, 9.17) is 0 Å². The van der Waals surface area contributed by atoms with Gasteiger partial charge >= 0.3 is 0 Å². The minimum atomic E-state index is -3.17. The Morgan fingerprint density at radius 2 is 1.72 bits per heavy atom. The Hall–Kier alpha value is -2.14. The van der Waals surface area contributed by atoms with Crippen LogP contribution in [0.1, 0.15) is 21.5 Å². The smallest absolute Gasteiger partial charge is 0.251 e. The minimum Gasteiger partial charge on any atom is -0.356 e. The van der Waals surface area contributed by atoms with E-state index in [9.17, 15) is 13.2 Å². The largest absolute Gasteiger partial charge is 0.356 e. The van der Waals surface area contributed by atoms with Crippen molar-refractivity contribution in [2.45, 2.75) is 17.9 Å². The predicted octanol–water partition coefficient (Wildman–Crippen LogP) is 1.98. The van der Waals surface area contributed by atoms with E-state index in [1.807, 2.05) is 30.3 Å². The molecule has 0 heterocycles. The van der Waals surface area contributed by atoms with Crippen LogP contribution in [0.4, 0.5) is 0 Å². The number of carbonyl (C=O) groups excluding carboxylic acids is 1. The summed E-state index contributed by atoms with van der Waals surface area (Å²) in [5.41, 5.74) is 2.62. The van der Waals surface area contributed by atoms with Crippen LogP contribution in [0, 0.1) is 0 Å². The van der Waals surface area contributed by atoms with E-state index in [0.29, 0.717) is 29.5 Å². The first-order valence-electron chi connectivity index (χ1n) is 8.88. The fourth-order valence-corrected chi connectivity index (χ4v) is 3.23. The van der Waals surface area contributed by atoms with Crippen LogP contribution in [-0.4, -0.2) is 47.2 Å². The number of guanidine groups is 1. The topological polar surface area (TPSA) is 99.7 Å². The molecule has 0 aliphatic heterocycles. The maximum Gasteiger partial charge on any atom is 0.251 e. The number of carbonyl (C=O) groups is 1. The summed E-state index contributed by atoms with van der Waals surface area (Å²) in [5.74, 6) is 0.532. The van der Waals surface area contributed by atoms with Gasteiger partial charge in [0, 0.05) is 39.0 Å². The van der Waals surface area contributed by atoms with Gasteiger partial charge in [-0.2, -0.15) is 0 Å². The van der Waals surface area contributed by atoms with Crippen LogP contribution in [0.2, 0.25) is 0 Å². The molecule has 2 rings (SSSR count). The summed E-state index contributed by atoms with van der Waals surface area (Å²) >= 11 is 0. The van der Waals surface area contributed by atoms with Crippen LogP contribution < -0.4 is 16.0 Å². The van der Waals surface area contributed by atoms with E-state index < -0.39 is 9.84 Å². The van der Waals surface area contributed by atoms with Crippen LogP contribution >= 0.6 is 24.0 Å². The molecule has 0 fully saturated rings. The lowest BCUT2D eigenvalue weighted by molar-refractivity contribution is 0.0963. The van der Waals surface area contributed by atoms with E-state index in [-0.39, 0.29) is 29.9 Å². The zero-order valence-corrected chi connectivity index (χ0v) is 19.9. The summed E-state index contributed by atoms with van der Waals surface area (Å²) < 4.78 is 23.0. The Morgan fingerprint density at radius 1 is 1.03 bits per heavy atom. The monoisotopic (exact) mass is 530 g/mol. The van der Waals surface area contributed by atoms with Crippen molar-refractivity contribution in [3.05, 3.63) is 65.2 Å². The zero-order valence-electron chi connectivity index (χ0n) is 16.7. The van der Waals surface area contributed by atoms with Crippen molar-refractivity contribution in [3.63, 3.8) is 0 Å². The Morgan fingerprint density at radius 3 is 2.31 bits per heavy atom. The maximum atomic E-state index is 11.7. The van der Waals surface area contributed by atoms with Crippen LogP contribution in [0.15, 0.2) is 58.4 Å². The summed E-state index contributed by atoms with van der Waals surface area (Å²) in [4.78, 5) is 16.2. The van der Waals surface area contributed by atoms with Crippen LogP contribution in [0.25, 0.3) is 0 Å². The predicted molar refractivity (Wildman–Crippen MR) is 127 cm³/mol. The van der Waals surface area contributed by atoms with E-state index in [2.05, 4.69) is 20.9 Å². The van der Waals surface area contributed by atoms with Gasteiger partial charge in [-0.05, 0) is 41.8 Å². The molecular formula is C20H27IN4O3S. The third-order valence-electron chi connectivity index (χ3n) is 4.16. The van der Waals surface area contributed by atoms with Gasteiger partial charge in [-0.15, -0.1) is 24.0 Å². The van der Waals surface area contributed by atoms with Gasteiger partial charge in [-0.3, -0.25) is 9.79 Å². The van der Waals surface area contributed by atoms with Crippen molar-refractivity contribution in [2.75, 3.05) is 26.9 Å². The number of hydrogen-bond acceptors (Lipinski definition) is 4. The van der Waals surface area contributed by atoms with Crippen molar-refractivity contribution in [1.29, 1.82) is 0 Å². The van der Waals surface area contributed by atoms with Crippen molar-refractivity contribution < 1.29 is 13.2 Å². The van der Waals surface area contributed by atoms with E-state index >= 15 is 0 Å². The lowest BCUT2D eigenvalue weighted by atomic mass is 10.1. The number of halogens is 1. The Bertz CT molecular complexity index is 944. The summed E-state index contributed by atoms with van der Waals surface area (Å²) in [7, 11) is 0.125. The molecule has 0 aromatic heterocycles. The highest BCUT2D eigenvalue weighted by atomic mass is 127. The average Bonchev–Trinajstić information content (AvgIpc) is 2.69. The molecule has 2 aromatic rings. The van der Waals surface area contributed by atoms with Crippen LogP contribution in [0.3, 0.4) is 0 Å². The number of aliphatic imine (C=N–C) groups is 1. The Balaban J connectivity index is 0.00000420. The lowest BCUT2D eigenvalue weighted by Gasteiger charge is -2.12. The van der Waals surface area contributed by atoms with E-state index in [1.165, 1.54) is 6.26 Å². The minimum absolute atomic E-state index is 0. The van der Waals surface area contributed by atoms with Crippen LogP contribution in [0.5, 0.6) is 0 Å². The normalized spacial score (nSPS) is 11.3. The van der Waals surface area contributed by atoms with Gasteiger partial charge in [0.25, 0.3) is 5.91 Å². The number of rotatable bonds is 7. The molecule has 1 amide bonds. The molecule has 0 unspecified atom stereocenters. The molecule has 0 spiro atoms. The summed E-state index contributed by atoms with van der Waals surface area (Å²) in [6.45, 7) is 1.18. The van der Waals surface area contributed by atoms with Crippen molar-refractivity contribution in [1.82, 2.24) is 16.0 Å². The van der Waals surface area contributed by atoms with Gasteiger partial charge in [-0.1, -0.05) is 24.3 Å². The molecule has 3 N–H and O–H groups in total. The maximum absolute atomic E-state index is 11.7. The number of sulfone groups is 1. The standard InChI is InChI=1S/C20H26N4O3S.HI/c1-21-19(25)17-6-4-5-16(13-17)14-24-20(22-2)23-12-11-15-7-9-18(10-8-15)28(3,26)27;/h4-10,13H,11-12,14H2,1-3H3,(H,21,25)(H2,22,23,24);1H. The first kappa shape index (κ1) is 24.9. The molecular weight excluding hydrogens is 503 g/mol. The SMILES string of the molecule is CN=C(NCCc1ccc(S(C)(=O)=O)cc1)NCc1cccc(C(=O)NC)c1.I. The molecule has 7 nitrogen and oxygen atoms in total. The fourth-order valence-electron chi connectivity index (χ4n) is 2.60. The van der Waals surface area contributed by atoms with Gasteiger partial charge in [0.05, 0.1) is 4.90 Å². The highest BCUT2D eigenvalue weighted by molar-refractivity contribution is 14.0. The quantitative estimate of drug-likeness (QED) is 0.289. The molecule has 158 valence electrons. The number of amides is 1. The van der Waals surface area contributed by atoms with E-state index in [1.54, 1.807) is 32.3 Å². The molecule has 0 aliphatic carbocycles. The third-order valence-corrected chi connectivity index (χ3v) is 5.29. The highest BCUT2D eigenvalue weighted by Crippen LogP contribution is 2.10. The van der Waals surface area contributed by atoms with Gasteiger partial charge in [-0.25, -0.2) is 8.42 Å². The first-order chi connectivity index (χ1) is 13.3. The zero-order chi connectivity index (χ0) is 20.6. The molecule has 0 bridgehead atoms. The number of nitrogens with one attached hydrogen (secondary N) is 3. The van der Waals surface area contributed by atoms with Gasteiger partial charge in [0.1, 0.15) is 0 Å². The lowest BCUT2D eigenvalue weighted by Crippen LogP contribution is -2.37. The van der Waals surface area contributed by atoms with Crippen molar-refractivity contribution in [3.8, 4) is 0 Å². The second-order valence-electron chi connectivity index (χ2n) is 6.30. The number of nitrogens with zero attached hydrogens (tertiary/aromatic N) is 1. The Kier molecular flexibility index (Phi) is 10.1. The molecule has 0 saturated carbocycles. The molecule has 0 atom stereocenters. The highest BCUT2D eigenvalue weighted by Gasteiger charge is 2.07. The van der Waals surface area contributed by atoms with Gasteiger partial charge in [0.2, 0.25) is 0 Å². The van der Waals surface area contributed by atoms with Gasteiger partial charge < -0.3 is 16.0 Å². The number of hydrogen-bond donors (Lipinski definition) is 3. The second-order valence-corrected chi connectivity index (χ2v) is 8.31. The van der Waals surface area contributed by atoms with Gasteiger partial charge in [0.15, 0.2) is 15.8 Å². The molecule has 0 saturated heterocycles. The third kappa shape index (κ3) is 8.01. The Labute approximate surface area is 189 Å². The summed E-state index contributed by atoms with van der Waals surface area (Å²) in [6, 6.07) is 14.3. The molecule has 29 heavy (non-hydrogen) atoms. The summed E-state index contributed by atoms with van der Waals surface area (Å²) in [5, 5.41) is 9.05. The first-order valence-corrected chi connectivity index (χ1v) is 10.8. The molecule has 2 aromatic carbocycles. The average molecular weight is 530 g/mol. The van der Waals surface area contributed by atoms with E-state index in [0.717, 1.165) is 17.5 Å². The molecule has 0 radical (unpaired) electrons. The summed E-state index contributed by atoms with van der Waals surface area (Å²) in [6.07, 6.45) is 1.93. The molecule has 9 heteroatoms. The van der Waals surface area contributed by atoms with Crippen molar-refractivity contribution in [2.24, 2.45) is 4.99 Å². The fraction of sp³-hybridized carbons (Fsp3) is 0.300. The van der Waals surface area contributed by atoms with Crippen LogP contribution in [-0.2, 0) is 22.8 Å².